The molecule has 0 spiro atoms. The number of rotatable bonds is 2. The number of carbonyl (C=O) groups is 1. The number of hydrogen-bond donors (Lipinski definition) is 1. The summed E-state index contributed by atoms with van der Waals surface area (Å²) in [7, 11) is -4.71. The Bertz CT molecular complexity index is 749. The number of benzene rings is 2. The van der Waals surface area contributed by atoms with Crippen molar-refractivity contribution in [2.45, 2.75) is 4.75 Å². The molecule has 5 nitrogen and oxygen atoms in total. The van der Waals surface area contributed by atoms with Crippen LogP contribution in [0.5, 0.6) is 11.5 Å². The van der Waals surface area contributed by atoms with E-state index in [0.717, 1.165) is 0 Å². The molecule has 2 aromatic carbocycles. The second-order valence-corrected chi connectivity index (χ2v) is 6.02. The summed E-state index contributed by atoms with van der Waals surface area (Å²) in [5.41, 5.74) is 0.215. The van der Waals surface area contributed by atoms with Gasteiger partial charge in [0.1, 0.15) is 11.5 Å². The number of carbonyl (C=O) groups excluding carboxylic acids is 1. The summed E-state index contributed by atoms with van der Waals surface area (Å²) in [6.45, 7) is 0. The number of hydrogen-bond acceptors (Lipinski definition) is 4. The molecule has 1 heterocycles. The summed E-state index contributed by atoms with van der Waals surface area (Å²) in [5, 5.41) is 0. The van der Waals surface area contributed by atoms with Gasteiger partial charge in [-0.1, -0.05) is 36.4 Å². The van der Waals surface area contributed by atoms with Crippen molar-refractivity contribution in [3.8, 4) is 11.5 Å². The van der Waals surface area contributed by atoms with Crippen molar-refractivity contribution < 1.29 is 22.5 Å². The largest absolute Gasteiger partial charge is 0.457 e. The van der Waals surface area contributed by atoms with Gasteiger partial charge in [0.05, 0.1) is 0 Å². The molecule has 0 atom stereocenters. The number of aldehydes is 1. The molecule has 20 heavy (non-hydrogen) atoms. The molecular weight excluding hydrogens is 280 g/mol. The van der Waals surface area contributed by atoms with Crippen LogP contribution in [0.4, 0.5) is 0 Å². The van der Waals surface area contributed by atoms with Crippen molar-refractivity contribution in [2.75, 3.05) is 0 Å². The zero-order valence-electron chi connectivity index (χ0n) is 10.2. The van der Waals surface area contributed by atoms with E-state index in [1.807, 2.05) is 0 Å². The molecule has 0 fully saturated rings. The minimum atomic E-state index is -4.71. The molecule has 1 N–H and O–H groups in total. The lowest BCUT2D eigenvalue weighted by Crippen LogP contribution is -2.40. The van der Waals surface area contributed by atoms with Crippen LogP contribution in [-0.2, 0) is 19.7 Å². The molecule has 1 aliphatic rings. The third kappa shape index (κ3) is 1.52. The molecule has 0 radical (unpaired) electrons. The minimum absolute atomic E-state index is 0.108. The first kappa shape index (κ1) is 12.8. The van der Waals surface area contributed by atoms with Gasteiger partial charge in [-0.2, -0.15) is 8.42 Å². The summed E-state index contributed by atoms with van der Waals surface area (Å²) in [6, 6.07) is 12.5. The van der Waals surface area contributed by atoms with Crippen molar-refractivity contribution in [1.29, 1.82) is 0 Å². The third-order valence-corrected chi connectivity index (χ3v) is 4.72. The monoisotopic (exact) mass is 290 g/mol. The van der Waals surface area contributed by atoms with E-state index in [1.54, 1.807) is 36.4 Å². The molecule has 102 valence electrons. The lowest BCUT2D eigenvalue weighted by Gasteiger charge is -2.33. The first-order valence-corrected chi connectivity index (χ1v) is 7.25. The first-order valence-electron chi connectivity index (χ1n) is 5.81. The molecule has 3 rings (SSSR count). The van der Waals surface area contributed by atoms with Crippen LogP contribution in [0.25, 0.3) is 0 Å². The molecule has 0 saturated heterocycles. The summed E-state index contributed by atoms with van der Waals surface area (Å²) >= 11 is 0. The summed E-state index contributed by atoms with van der Waals surface area (Å²) in [6.07, 6.45) is 0.239. The standard InChI is InChI=1S/C14H10O5S/c15-9-14(20(16,17)18)10-5-1-3-7-12(10)19-13-8-4-2-6-11(13)14/h1-9H,(H,16,17,18). The SMILES string of the molecule is O=CC1(S(=O)(=O)O)c2ccccc2Oc2ccccc21. The highest BCUT2D eigenvalue weighted by Crippen LogP contribution is 2.49. The second-order valence-electron chi connectivity index (χ2n) is 4.42. The van der Waals surface area contributed by atoms with E-state index < -0.39 is 14.9 Å². The molecule has 2 aromatic rings. The fourth-order valence-corrected chi connectivity index (χ4v) is 3.47. The summed E-state index contributed by atoms with van der Waals surface area (Å²) < 4.78 is 37.0. The molecule has 0 saturated carbocycles. The Labute approximate surface area is 115 Å². The van der Waals surface area contributed by atoms with Gasteiger partial charge in [-0.15, -0.1) is 0 Å². The van der Waals surface area contributed by atoms with Crippen LogP contribution in [-0.4, -0.2) is 19.3 Å². The molecule has 1 aliphatic heterocycles. The Morgan fingerprint density at radius 2 is 1.40 bits per heavy atom. The van der Waals surface area contributed by atoms with Gasteiger partial charge in [-0.25, -0.2) is 0 Å². The fourth-order valence-electron chi connectivity index (χ4n) is 2.45. The van der Waals surface area contributed by atoms with Gasteiger partial charge in [-0.05, 0) is 12.1 Å². The predicted octanol–water partition coefficient (Wildman–Crippen LogP) is 2.12. The van der Waals surface area contributed by atoms with E-state index >= 15 is 0 Å². The van der Waals surface area contributed by atoms with Crippen LogP contribution < -0.4 is 4.74 Å². The normalized spacial score (nSPS) is 15.7. The van der Waals surface area contributed by atoms with E-state index in [0.29, 0.717) is 0 Å². The molecule has 0 amide bonds. The van der Waals surface area contributed by atoms with Gasteiger partial charge >= 0.3 is 0 Å². The molecule has 0 bridgehead atoms. The van der Waals surface area contributed by atoms with Gasteiger partial charge in [0, 0.05) is 11.1 Å². The van der Waals surface area contributed by atoms with Crippen molar-refractivity contribution in [3.63, 3.8) is 0 Å². The highest BCUT2D eigenvalue weighted by atomic mass is 32.2. The maximum absolute atomic E-state index is 11.9. The lowest BCUT2D eigenvalue weighted by molar-refractivity contribution is -0.109. The quantitative estimate of drug-likeness (QED) is 0.677. The fraction of sp³-hybridized carbons (Fsp3) is 0.0714. The molecular formula is C14H10O5S. The van der Waals surface area contributed by atoms with E-state index in [2.05, 4.69) is 0 Å². The van der Waals surface area contributed by atoms with Crippen LogP contribution in [0.1, 0.15) is 11.1 Å². The van der Waals surface area contributed by atoms with Crippen LogP contribution in [0.15, 0.2) is 48.5 Å². The van der Waals surface area contributed by atoms with Crippen molar-refractivity contribution in [1.82, 2.24) is 0 Å². The number of fused-ring (bicyclic) bond motifs is 2. The van der Waals surface area contributed by atoms with Gasteiger partial charge in [0.25, 0.3) is 10.1 Å². The number of para-hydroxylation sites is 2. The van der Waals surface area contributed by atoms with E-state index in [4.69, 9.17) is 4.74 Å². The zero-order valence-corrected chi connectivity index (χ0v) is 11.0. The predicted molar refractivity (Wildman–Crippen MR) is 71.4 cm³/mol. The van der Waals surface area contributed by atoms with Gasteiger partial charge in [-0.3, -0.25) is 4.55 Å². The lowest BCUT2D eigenvalue weighted by atomic mass is 9.88. The Hall–Kier alpha value is -2.18. The second kappa shape index (κ2) is 4.16. The average Bonchev–Trinajstić information content (AvgIpc) is 2.43. The molecule has 0 unspecified atom stereocenters. The smallest absolute Gasteiger partial charge is 0.286 e. The first-order chi connectivity index (χ1) is 9.50. The van der Waals surface area contributed by atoms with Crippen molar-refractivity contribution >= 4 is 16.4 Å². The average molecular weight is 290 g/mol. The maximum atomic E-state index is 11.9. The van der Waals surface area contributed by atoms with Crippen molar-refractivity contribution in [2.24, 2.45) is 0 Å². The van der Waals surface area contributed by atoms with E-state index in [-0.39, 0.29) is 28.9 Å². The zero-order chi connectivity index (χ0) is 14.4. The van der Waals surface area contributed by atoms with Crippen LogP contribution in [0, 0.1) is 0 Å². The van der Waals surface area contributed by atoms with Gasteiger partial charge in [0.15, 0.2) is 6.29 Å². The molecule has 6 heteroatoms. The Kier molecular flexibility index (Phi) is 2.67. The highest BCUT2D eigenvalue weighted by molar-refractivity contribution is 7.87. The Morgan fingerprint density at radius 3 is 1.80 bits per heavy atom. The molecule has 0 aromatic heterocycles. The molecule has 0 aliphatic carbocycles. The highest BCUT2D eigenvalue weighted by Gasteiger charge is 2.52. The Balaban J connectivity index is 2.48. The van der Waals surface area contributed by atoms with Crippen LogP contribution >= 0.6 is 0 Å². The third-order valence-electron chi connectivity index (χ3n) is 3.37. The summed E-state index contributed by atoms with van der Waals surface area (Å²) in [4.78, 5) is 11.7. The Morgan fingerprint density at radius 1 is 0.950 bits per heavy atom. The van der Waals surface area contributed by atoms with Gasteiger partial charge in [0.2, 0.25) is 4.75 Å². The topological polar surface area (TPSA) is 80.7 Å². The maximum Gasteiger partial charge on any atom is 0.286 e. The van der Waals surface area contributed by atoms with E-state index in [9.17, 15) is 17.8 Å². The van der Waals surface area contributed by atoms with Crippen LogP contribution in [0.3, 0.4) is 0 Å². The summed E-state index contributed by atoms with van der Waals surface area (Å²) in [5.74, 6) is 0.465. The van der Waals surface area contributed by atoms with Crippen molar-refractivity contribution in [3.05, 3.63) is 59.7 Å². The minimum Gasteiger partial charge on any atom is -0.457 e. The van der Waals surface area contributed by atoms with Crippen LogP contribution in [0.2, 0.25) is 0 Å². The van der Waals surface area contributed by atoms with E-state index in [1.165, 1.54) is 12.1 Å². The number of ether oxygens (including phenoxy) is 1. The van der Waals surface area contributed by atoms with Gasteiger partial charge < -0.3 is 9.53 Å².